The summed E-state index contributed by atoms with van der Waals surface area (Å²) in [6, 6.07) is 31.7. The molecule has 3 aromatic carbocycles. The number of aliphatic hydroxyl groups excluding tert-OH is 1. The van der Waals surface area contributed by atoms with E-state index in [9.17, 15) is 0 Å². The number of aliphatic hydroxyl groups is 1. The van der Waals surface area contributed by atoms with Crippen LogP contribution in [0.15, 0.2) is 78.9 Å². The van der Waals surface area contributed by atoms with Crippen molar-refractivity contribution in [3.8, 4) is 6.07 Å². The van der Waals surface area contributed by atoms with E-state index in [4.69, 9.17) is 14.9 Å². The van der Waals surface area contributed by atoms with E-state index in [0.717, 1.165) is 6.54 Å². The first kappa shape index (κ1) is 35.4. The number of nitrogens with one attached hydrogen (secondary N) is 1. The molecule has 0 aromatic heterocycles. The summed E-state index contributed by atoms with van der Waals surface area (Å²) in [5.41, 5.74) is 5.92. The van der Waals surface area contributed by atoms with Gasteiger partial charge in [0.05, 0.1) is 18.2 Å². The molecule has 0 amide bonds. The molecule has 0 saturated heterocycles. The van der Waals surface area contributed by atoms with Crippen LogP contribution in [-0.4, -0.2) is 48.9 Å². The summed E-state index contributed by atoms with van der Waals surface area (Å²) in [7, 11) is 4.53. The molecule has 0 fully saturated rings. The highest BCUT2D eigenvalue weighted by molar-refractivity contribution is 7.09. The first-order valence-corrected chi connectivity index (χ1v) is 14.6. The van der Waals surface area contributed by atoms with Gasteiger partial charge in [0.15, 0.2) is 0 Å². The van der Waals surface area contributed by atoms with Gasteiger partial charge in [-0.1, -0.05) is 118 Å². The highest BCUT2D eigenvalue weighted by Crippen LogP contribution is 2.41. The van der Waals surface area contributed by atoms with Crippen molar-refractivity contribution in [3.63, 3.8) is 0 Å². The predicted molar refractivity (Wildman–Crippen MR) is 172 cm³/mol. The van der Waals surface area contributed by atoms with Crippen molar-refractivity contribution in [2.45, 2.75) is 72.0 Å². The van der Waals surface area contributed by atoms with Crippen LogP contribution in [0.4, 0.5) is 0 Å². The molecule has 0 heterocycles. The SMILES string of the molecule is CC(C)NC(C)C.Cc1ccc(C(c2ccccc2)(c2ccc(C)cc2)N(C)CCOP)cc1.N#CCCCO. The maximum Gasteiger partial charge on any atom is 0.0971 e. The van der Waals surface area contributed by atoms with Crippen molar-refractivity contribution in [1.82, 2.24) is 10.2 Å². The van der Waals surface area contributed by atoms with Crippen molar-refractivity contribution in [1.29, 1.82) is 5.26 Å². The molecule has 0 saturated carbocycles. The maximum absolute atomic E-state index is 8.05. The molecule has 6 heteroatoms. The molecular formula is C34H50N3O2P. The maximum atomic E-state index is 8.05. The summed E-state index contributed by atoms with van der Waals surface area (Å²) >= 11 is 0. The lowest BCUT2D eigenvalue weighted by Gasteiger charge is -2.44. The monoisotopic (exact) mass is 563 g/mol. The molecule has 0 aliphatic heterocycles. The average molecular weight is 564 g/mol. The number of nitrogens with zero attached hydrogens (tertiary/aromatic N) is 2. The van der Waals surface area contributed by atoms with Gasteiger partial charge in [0.2, 0.25) is 0 Å². The standard InChI is InChI=1S/C24H28NOP.C6H15N.C4H7NO/c1-19-9-13-22(14-10-19)24(25(3)17-18-26-27,21-7-5-4-6-8-21)23-15-11-20(2)12-16-23;1-5(2)7-6(3)4;5-3-1-2-4-6/h4-16H,17-18,27H2,1-3H3;5-7H,1-4H3;6H,1-2,4H2. The molecule has 3 aromatic rings. The predicted octanol–water partition coefficient (Wildman–Crippen LogP) is 7.01. The molecule has 0 spiro atoms. The Hall–Kier alpha value is -2.58. The number of unbranched alkanes of at least 4 members (excludes halogenated alkanes) is 1. The molecule has 5 nitrogen and oxygen atoms in total. The molecule has 2 N–H and O–H groups in total. The lowest BCUT2D eigenvalue weighted by atomic mass is 9.75. The summed E-state index contributed by atoms with van der Waals surface area (Å²) in [6.45, 7) is 14.5. The number of likely N-dealkylation sites (N-methyl/N-ethyl adjacent to an activating group) is 1. The Morgan fingerprint density at radius 3 is 1.62 bits per heavy atom. The van der Waals surface area contributed by atoms with Crippen LogP contribution in [0.1, 0.15) is 68.4 Å². The summed E-state index contributed by atoms with van der Waals surface area (Å²) in [4.78, 5) is 2.39. The molecule has 3 rings (SSSR count). The van der Waals surface area contributed by atoms with E-state index in [1.165, 1.54) is 27.8 Å². The van der Waals surface area contributed by atoms with E-state index in [2.05, 4.69) is 147 Å². The van der Waals surface area contributed by atoms with E-state index >= 15 is 0 Å². The second-order valence-electron chi connectivity index (χ2n) is 10.6. The van der Waals surface area contributed by atoms with Gasteiger partial charge in [0.25, 0.3) is 0 Å². The molecule has 0 bridgehead atoms. The minimum absolute atomic E-state index is 0.133. The average Bonchev–Trinajstić information content (AvgIpc) is 2.93. The minimum atomic E-state index is -0.383. The van der Waals surface area contributed by atoms with Crippen molar-refractivity contribution >= 4 is 9.47 Å². The van der Waals surface area contributed by atoms with Gasteiger partial charge in [0, 0.05) is 41.1 Å². The quantitative estimate of drug-likeness (QED) is 0.149. The second kappa shape index (κ2) is 19.5. The molecule has 1 atom stereocenters. The van der Waals surface area contributed by atoms with Gasteiger partial charge in [-0.15, -0.1) is 0 Å². The van der Waals surface area contributed by atoms with Crippen LogP contribution in [0, 0.1) is 25.2 Å². The minimum Gasteiger partial charge on any atom is -0.396 e. The van der Waals surface area contributed by atoms with E-state index < -0.39 is 0 Å². The van der Waals surface area contributed by atoms with Crippen LogP contribution in [-0.2, 0) is 10.1 Å². The highest BCUT2D eigenvalue weighted by Gasteiger charge is 2.40. The zero-order valence-corrected chi connectivity index (χ0v) is 26.7. The molecule has 0 aliphatic rings. The molecule has 40 heavy (non-hydrogen) atoms. The van der Waals surface area contributed by atoms with E-state index in [1.807, 2.05) is 6.07 Å². The summed E-state index contributed by atoms with van der Waals surface area (Å²) < 4.78 is 5.33. The van der Waals surface area contributed by atoms with Crippen molar-refractivity contribution in [2.75, 3.05) is 26.8 Å². The zero-order valence-electron chi connectivity index (χ0n) is 25.5. The van der Waals surface area contributed by atoms with Gasteiger partial charge in [0.1, 0.15) is 0 Å². The first-order valence-electron chi connectivity index (χ1n) is 14.1. The fourth-order valence-corrected chi connectivity index (χ4v) is 4.72. The number of benzene rings is 3. The van der Waals surface area contributed by atoms with Gasteiger partial charge in [-0.3, -0.25) is 4.90 Å². The first-order chi connectivity index (χ1) is 19.1. The highest BCUT2D eigenvalue weighted by atomic mass is 31.0. The van der Waals surface area contributed by atoms with Crippen LogP contribution >= 0.6 is 9.47 Å². The van der Waals surface area contributed by atoms with Crippen LogP contribution in [0.3, 0.4) is 0 Å². The van der Waals surface area contributed by atoms with Crippen molar-refractivity contribution in [2.24, 2.45) is 0 Å². The lowest BCUT2D eigenvalue weighted by Crippen LogP contribution is -2.47. The van der Waals surface area contributed by atoms with Crippen molar-refractivity contribution < 1.29 is 9.63 Å². The smallest absolute Gasteiger partial charge is 0.0971 e. The third kappa shape index (κ3) is 11.5. The molecule has 1 unspecified atom stereocenters. The van der Waals surface area contributed by atoms with E-state index in [1.54, 1.807) is 0 Å². The normalized spacial score (nSPS) is 11.0. The Bertz CT molecular complexity index is 1040. The zero-order chi connectivity index (χ0) is 30.0. The summed E-state index contributed by atoms with van der Waals surface area (Å²) in [5, 5.41) is 19.2. The van der Waals surface area contributed by atoms with Gasteiger partial charge in [-0.05, 0) is 44.0 Å². The van der Waals surface area contributed by atoms with Gasteiger partial charge >= 0.3 is 0 Å². The van der Waals surface area contributed by atoms with Gasteiger partial charge < -0.3 is 14.9 Å². The van der Waals surface area contributed by atoms with Crippen LogP contribution in [0.5, 0.6) is 0 Å². The van der Waals surface area contributed by atoms with E-state index in [-0.39, 0.29) is 12.1 Å². The van der Waals surface area contributed by atoms with Crippen molar-refractivity contribution in [3.05, 3.63) is 107 Å². The molecular weight excluding hydrogens is 513 g/mol. The number of nitriles is 1. The lowest BCUT2D eigenvalue weighted by molar-refractivity contribution is 0.169. The van der Waals surface area contributed by atoms with Crippen LogP contribution < -0.4 is 5.32 Å². The topological polar surface area (TPSA) is 68.5 Å². The third-order valence-corrected chi connectivity index (χ3v) is 6.60. The summed E-state index contributed by atoms with van der Waals surface area (Å²) in [5.74, 6) is 0. The van der Waals surface area contributed by atoms with Gasteiger partial charge in [-0.25, -0.2) is 0 Å². The van der Waals surface area contributed by atoms with E-state index in [0.29, 0.717) is 31.5 Å². The molecule has 0 radical (unpaired) electrons. The number of rotatable bonds is 11. The Morgan fingerprint density at radius 2 is 1.30 bits per heavy atom. The Balaban J connectivity index is 0.000000512. The molecule has 218 valence electrons. The fraction of sp³-hybridized carbons (Fsp3) is 0.441. The molecule has 0 aliphatic carbocycles. The van der Waals surface area contributed by atoms with Crippen LogP contribution in [0.2, 0.25) is 0 Å². The number of hydrogen-bond acceptors (Lipinski definition) is 5. The van der Waals surface area contributed by atoms with Gasteiger partial charge in [-0.2, -0.15) is 5.26 Å². The fourth-order valence-electron chi connectivity index (χ4n) is 4.61. The number of hydrogen-bond donors (Lipinski definition) is 2. The largest absolute Gasteiger partial charge is 0.396 e. The third-order valence-electron chi connectivity index (χ3n) is 6.36. The summed E-state index contributed by atoms with van der Waals surface area (Å²) in [6.07, 6.45) is 1.08. The van der Waals surface area contributed by atoms with Crippen LogP contribution in [0.25, 0.3) is 0 Å². The number of aryl methyl sites for hydroxylation is 2. The Morgan fingerprint density at radius 1 is 0.850 bits per heavy atom. The Labute approximate surface area is 245 Å². The second-order valence-corrected chi connectivity index (χ2v) is 10.9. The Kier molecular flexibility index (Phi) is 17.3.